The molecule has 0 bridgehead atoms. The molecule has 0 atom stereocenters. The maximum absolute atomic E-state index is 12.4. The number of carbonyl (C=O) groups is 1. The van der Waals surface area contributed by atoms with Gasteiger partial charge in [0.15, 0.2) is 17.5 Å². The molecule has 1 rings (SSSR count). The van der Waals surface area contributed by atoms with Gasteiger partial charge in [-0.25, -0.2) is 4.99 Å². The van der Waals surface area contributed by atoms with E-state index in [9.17, 15) is 4.79 Å². The summed E-state index contributed by atoms with van der Waals surface area (Å²) in [6.07, 6.45) is 0. The first-order chi connectivity index (χ1) is 13.0. The molecule has 1 N–H and O–H groups in total. The molecule has 27 heavy (non-hydrogen) atoms. The number of nitrogens with one attached hydrogen (secondary N) is 1. The van der Waals surface area contributed by atoms with E-state index in [0.29, 0.717) is 50.2 Å². The first-order valence-electron chi connectivity index (χ1n) is 9.57. The van der Waals surface area contributed by atoms with Crippen LogP contribution in [0, 0.1) is 0 Å². The van der Waals surface area contributed by atoms with Gasteiger partial charge < -0.3 is 24.6 Å². The van der Waals surface area contributed by atoms with Gasteiger partial charge in [-0.05, 0) is 45.4 Å². The average Bonchev–Trinajstić information content (AvgIpc) is 2.66. The minimum absolute atomic E-state index is 0.0937. The van der Waals surface area contributed by atoms with E-state index in [1.165, 1.54) is 0 Å². The molecule has 0 aliphatic rings. The van der Waals surface area contributed by atoms with Gasteiger partial charge in [0.05, 0.1) is 26.8 Å². The molecular formula is C20H34N4O3. The maximum Gasteiger partial charge on any atom is 0.242 e. The average molecular weight is 379 g/mol. The quantitative estimate of drug-likeness (QED) is 0.500. The van der Waals surface area contributed by atoms with Crippen molar-refractivity contribution in [2.75, 3.05) is 46.9 Å². The summed E-state index contributed by atoms with van der Waals surface area (Å²) < 4.78 is 10.9. The first kappa shape index (κ1) is 22.6. The number of hydrogen-bond acceptors (Lipinski definition) is 4. The Balaban J connectivity index is 2.89. The number of benzene rings is 1. The Morgan fingerprint density at radius 2 is 1.85 bits per heavy atom. The van der Waals surface area contributed by atoms with Crippen LogP contribution in [0.1, 0.15) is 33.3 Å². The first-order valence-corrected chi connectivity index (χ1v) is 9.57. The number of nitrogens with zero attached hydrogens (tertiary/aromatic N) is 3. The minimum atomic E-state index is 0.0937. The summed E-state index contributed by atoms with van der Waals surface area (Å²) in [5.41, 5.74) is 1.01. The van der Waals surface area contributed by atoms with Gasteiger partial charge in [-0.2, -0.15) is 0 Å². The van der Waals surface area contributed by atoms with Crippen LogP contribution in [0.3, 0.4) is 0 Å². The second-order valence-corrected chi connectivity index (χ2v) is 6.01. The van der Waals surface area contributed by atoms with Gasteiger partial charge in [-0.15, -0.1) is 0 Å². The lowest BCUT2D eigenvalue weighted by Crippen LogP contribution is -2.45. The molecule has 7 nitrogen and oxygen atoms in total. The SMILES string of the molecule is CCNC(=NCc1ccc(OC)c(OCC)c1)N(C)CC(=O)N(CC)CC. The Bertz CT molecular complexity index is 615. The summed E-state index contributed by atoms with van der Waals surface area (Å²) in [7, 11) is 3.50. The third kappa shape index (κ3) is 7.00. The van der Waals surface area contributed by atoms with Crippen LogP contribution < -0.4 is 14.8 Å². The number of hydrogen-bond donors (Lipinski definition) is 1. The van der Waals surface area contributed by atoms with Crippen LogP contribution >= 0.6 is 0 Å². The Hall–Kier alpha value is -2.44. The van der Waals surface area contributed by atoms with Crippen molar-refractivity contribution in [3.8, 4) is 11.5 Å². The van der Waals surface area contributed by atoms with Crippen molar-refractivity contribution >= 4 is 11.9 Å². The molecule has 0 heterocycles. The largest absolute Gasteiger partial charge is 0.493 e. The summed E-state index contributed by atoms with van der Waals surface area (Å²) in [4.78, 5) is 20.7. The molecule has 0 aromatic heterocycles. The summed E-state index contributed by atoms with van der Waals surface area (Å²) in [6, 6.07) is 5.79. The molecule has 7 heteroatoms. The van der Waals surface area contributed by atoms with Crippen LogP contribution in [0.4, 0.5) is 0 Å². The van der Waals surface area contributed by atoms with Crippen molar-refractivity contribution in [2.24, 2.45) is 4.99 Å². The second kappa shape index (κ2) is 12.0. The van der Waals surface area contributed by atoms with Crippen LogP contribution in [-0.4, -0.2) is 68.6 Å². The second-order valence-electron chi connectivity index (χ2n) is 6.01. The number of methoxy groups -OCH3 is 1. The number of likely N-dealkylation sites (N-methyl/N-ethyl adjacent to an activating group) is 2. The molecule has 0 saturated heterocycles. The van der Waals surface area contributed by atoms with Crippen LogP contribution in [0.2, 0.25) is 0 Å². The van der Waals surface area contributed by atoms with Gasteiger partial charge in [0.25, 0.3) is 0 Å². The van der Waals surface area contributed by atoms with E-state index in [1.807, 2.05) is 62.7 Å². The van der Waals surface area contributed by atoms with E-state index < -0.39 is 0 Å². The minimum Gasteiger partial charge on any atom is -0.493 e. The lowest BCUT2D eigenvalue weighted by atomic mass is 10.2. The van der Waals surface area contributed by atoms with E-state index in [-0.39, 0.29) is 5.91 Å². The molecule has 0 radical (unpaired) electrons. The van der Waals surface area contributed by atoms with Crippen LogP contribution in [-0.2, 0) is 11.3 Å². The Kier molecular flexibility index (Phi) is 10.1. The van der Waals surface area contributed by atoms with E-state index >= 15 is 0 Å². The fourth-order valence-corrected chi connectivity index (χ4v) is 2.68. The topological polar surface area (TPSA) is 66.4 Å². The van der Waals surface area contributed by atoms with Crippen molar-refractivity contribution < 1.29 is 14.3 Å². The predicted octanol–water partition coefficient (Wildman–Crippen LogP) is 2.36. The number of aliphatic imine (C=N–C) groups is 1. The number of rotatable bonds is 10. The molecule has 1 aromatic carbocycles. The summed E-state index contributed by atoms with van der Waals surface area (Å²) in [6.45, 7) is 11.4. The van der Waals surface area contributed by atoms with Gasteiger partial charge >= 0.3 is 0 Å². The molecule has 1 aromatic rings. The maximum atomic E-state index is 12.4. The number of ether oxygens (including phenoxy) is 2. The third-order valence-corrected chi connectivity index (χ3v) is 4.12. The molecule has 0 saturated carbocycles. The van der Waals surface area contributed by atoms with Gasteiger partial charge in [-0.1, -0.05) is 6.07 Å². The lowest BCUT2D eigenvalue weighted by Gasteiger charge is -2.25. The zero-order valence-electron chi connectivity index (χ0n) is 17.5. The molecule has 0 aliphatic carbocycles. The van der Waals surface area contributed by atoms with E-state index in [4.69, 9.17) is 9.47 Å². The third-order valence-electron chi connectivity index (χ3n) is 4.12. The Morgan fingerprint density at radius 3 is 2.41 bits per heavy atom. The van der Waals surface area contributed by atoms with Crippen molar-refractivity contribution in [1.29, 1.82) is 0 Å². The molecule has 0 unspecified atom stereocenters. The van der Waals surface area contributed by atoms with E-state index in [0.717, 1.165) is 12.1 Å². The van der Waals surface area contributed by atoms with Crippen LogP contribution in [0.25, 0.3) is 0 Å². The van der Waals surface area contributed by atoms with Crippen molar-refractivity contribution in [1.82, 2.24) is 15.1 Å². The molecule has 0 fully saturated rings. The molecule has 152 valence electrons. The van der Waals surface area contributed by atoms with Crippen LogP contribution in [0.15, 0.2) is 23.2 Å². The fourth-order valence-electron chi connectivity index (χ4n) is 2.68. The van der Waals surface area contributed by atoms with Gasteiger partial charge in [0.2, 0.25) is 5.91 Å². The monoisotopic (exact) mass is 378 g/mol. The van der Waals surface area contributed by atoms with Crippen molar-refractivity contribution in [2.45, 2.75) is 34.2 Å². The molecule has 1 amide bonds. The van der Waals surface area contributed by atoms with Crippen molar-refractivity contribution in [3.63, 3.8) is 0 Å². The summed E-state index contributed by atoms with van der Waals surface area (Å²) in [5, 5.41) is 3.24. The Morgan fingerprint density at radius 1 is 1.15 bits per heavy atom. The normalized spacial score (nSPS) is 11.1. The number of amides is 1. The zero-order valence-corrected chi connectivity index (χ0v) is 17.5. The highest BCUT2D eigenvalue weighted by molar-refractivity contribution is 5.86. The van der Waals surface area contributed by atoms with E-state index in [1.54, 1.807) is 7.11 Å². The lowest BCUT2D eigenvalue weighted by molar-refractivity contribution is -0.131. The number of carbonyl (C=O) groups excluding carboxylic acids is 1. The van der Waals surface area contributed by atoms with Gasteiger partial charge in [-0.3, -0.25) is 4.79 Å². The van der Waals surface area contributed by atoms with E-state index in [2.05, 4.69) is 10.3 Å². The summed E-state index contributed by atoms with van der Waals surface area (Å²) >= 11 is 0. The molecule has 0 aliphatic heterocycles. The van der Waals surface area contributed by atoms with Crippen LogP contribution in [0.5, 0.6) is 11.5 Å². The highest BCUT2D eigenvalue weighted by Gasteiger charge is 2.15. The highest BCUT2D eigenvalue weighted by atomic mass is 16.5. The zero-order chi connectivity index (χ0) is 20.2. The van der Waals surface area contributed by atoms with Gasteiger partial charge in [0.1, 0.15) is 0 Å². The predicted molar refractivity (Wildman–Crippen MR) is 110 cm³/mol. The Labute approximate surface area is 163 Å². The summed E-state index contributed by atoms with van der Waals surface area (Å²) in [5.74, 6) is 2.21. The fraction of sp³-hybridized carbons (Fsp3) is 0.600. The smallest absolute Gasteiger partial charge is 0.242 e. The van der Waals surface area contributed by atoms with Crippen molar-refractivity contribution in [3.05, 3.63) is 23.8 Å². The molecule has 0 spiro atoms. The highest BCUT2D eigenvalue weighted by Crippen LogP contribution is 2.28. The standard InChI is InChI=1S/C20H34N4O3/c1-7-21-20(23(5)15-19(25)24(8-2)9-3)22-14-16-11-12-17(26-6)18(13-16)27-10-4/h11-13H,7-10,14-15H2,1-6H3,(H,21,22). The molecular weight excluding hydrogens is 344 g/mol. The number of guanidine groups is 1. The van der Waals surface area contributed by atoms with Gasteiger partial charge in [0, 0.05) is 26.7 Å².